The second kappa shape index (κ2) is 15.6. The molecule has 6 aromatic rings. The number of benzene rings is 6. The number of fused-ring (bicyclic) bond motifs is 2. The molecule has 276 valence electrons. The predicted octanol–water partition coefficient (Wildman–Crippen LogP) is 7.94. The molecular formula is C37H29Cl2N5O8S2. The SMILES string of the molecule is COC(=O)c1cc(NS(=O)(=O)c2ccc3ccc(NC=NNc4ccc5ccc(S(=O)(=O)Nc6ccc(Cl)c(C(=O)OC)c6)cc5c4)cc3c2)ccc1Cl. The lowest BCUT2D eigenvalue weighted by Crippen LogP contribution is -2.13. The Hall–Kier alpha value is -5.87. The zero-order valence-electron chi connectivity index (χ0n) is 28.3. The van der Waals surface area contributed by atoms with Crippen LogP contribution in [-0.2, 0) is 29.5 Å². The summed E-state index contributed by atoms with van der Waals surface area (Å²) < 4.78 is 67.3. The molecule has 13 nitrogen and oxygen atoms in total. The summed E-state index contributed by atoms with van der Waals surface area (Å²) in [5.74, 6) is -1.40. The Morgan fingerprint density at radius 3 is 1.46 bits per heavy atom. The molecule has 0 atom stereocenters. The van der Waals surface area contributed by atoms with Crippen molar-refractivity contribution in [3.05, 3.63) is 130 Å². The number of nitrogens with one attached hydrogen (secondary N) is 4. The van der Waals surface area contributed by atoms with Gasteiger partial charge in [-0.15, -0.1) is 0 Å². The monoisotopic (exact) mass is 805 g/mol. The number of sulfonamides is 2. The van der Waals surface area contributed by atoms with Crippen LogP contribution in [0.4, 0.5) is 22.7 Å². The van der Waals surface area contributed by atoms with Gasteiger partial charge in [0.2, 0.25) is 0 Å². The van der Waals surface area contributed by atoms with Crippen molar-refractivity contribution in [2.45, 2.75) is 9.79 Å². The first-order chi connectivity index (χ1) is 25.8. The van der Waals surface area contributed by atoms with Crippen molar-refractivity contribution in [2.75, 3.05) is 34.4 Å². The first-order valence-electron chi connectivity index (χ1n) is 15.7. The Kier molecular flexibility index (Phi) is 11.0. The van der Waals surface area contributed by atoms with Gasteiger partial charge < -0.3 is 14.8 Å². The number of hydrogen-bond acceptors (Lipinski definition) is 10. The summed E-state index contributed by atoms with van der Waals surface area (Å²) in [6.45, 7) is 0. The van der Waals surface area contributed by atoms with Crippen molar-refractivity contribution in [3.8, 4) is 0 Å². The van der Waals surface area contributed by atoms with Crippen LogP contribution in [0.5, 0.6) is 0 Å². The van der Waals surface area contributed by atoms with Crippen molar-refractivity contribution in [3.63, 3.8) is 0 Å². The number of nitrogens with zero attached hydrogens (tertiary/aromatic N) is 1. The number of methoxy groups -OCH3 is 2. The minimum atomic E-state index is -4.04. The number of halogens is 2. The van der Waals surface area contributed by atoms with Crippen LogP contribution in [0.3, 0.4) is 0 Å². The Balaban J connectivity index is 1.13. The quantitative estimate of drug-likeness (QED) is 0.0410. The molecular weight excluding hydrogens is 777 g/mol. The van der Waals surface area contributed by atoms with Crippen LogP contribution in [0.2, 0.25) is 10.0 Å². The van der Waals surface area contributed by atoms with Gasteiger partial charge in [0.25, 0.3) is 20.0 Å². The minimum absolute atomic E-state index is 0.00206. The Bertz CT molecular complexity index is 2520. The number of ether oxygens (including phenoxy) is 2. The van der Waals surface area contributed by atoms with Gasteiger partial charge >= 0.3 is 11.9 Å². The second-order valence-corrected chi connectivity index (χ2v) is 15.7. The van der Waals surface area contributed by atoms with E-state index in [9.17, 15) is 26.4 Å². The third kappa shape index (κ3) is 8.50. The molecule has 0 radical (unpaired) electrons. The smallest absolute Gasteiger partial charge is 0.339 e. The van der Waals surface area contributed by atoms with Gasteiger partial charge in [-0.2, -0.15) is 5.10 Å². The third-order valence-corrected chi connectivity index (χ3v) is 11.4. The van der Waals surface area contributed by atoms with Crippen LogP contribution in [0.1, 0.15) is 20.7 Å². The van der Waals surface area contributed by atoms with Crippen LogP contribution in [0, 0.1) is 0 Å². The molecule has 0 aliphatic carbocycles. The van der Waals surface area contributed by atoms with E-state index in [4.69, 9.17) is 32.7 Å². The van der Waals surface area contributed by atoms with E-state index in [2.05, 4.69) is 25.3 Å². The predicted molar refractivity (Wildman–Crippen MR) is 211 cm³/mol. The Labute approximate surface area is 320 Å². The lowest BCUT2D eigenvalue weighted by Gasteiger charge is -2.11. The van der Waals surface area contributed by atoms with Gasteiger partial charge in [-0.25, -0.2) is 26.4 Å². The Morgan fingerprint density at radius 1 is 0.556 bits per heavy atom. The van der Waals surface area contributed by atoms with Gasteiger partial charge in [-0.1, -0.05) is 47.5 Å². The highest BCUT2D eigenvalue weighted by molar-refractivity contribution is 7.93. The van der Waals surface area contributed by atoms with E-state index in [1.165, 1.54) is 81.2 Å². The molecule has 0 fully saturated rings. The van der Waals surface area contributed by atoms with Crippen LogP contribution < -0.4 is 20.2 Å². The number of hydrogen-bond donors (Lipinski definition) is 4. The fourth-order valence-electron chi connectivity index (χ4n) is 5.30. The maximum absolute atomic E-state index is 13.2. The molecule has 0 aromatic heterocycles. The fraction of sp³-hybridized carbons (Fsp3) is 0.0541. The fourth-order valence-corrected chi connectivity index (χ4v) is 7.85. The van der Waals surface area contributed by atoms with Crippen LogP contribution >= 0.6 is 23.2 Å². The minimum Gasteiger partial charge on any atom is -0.465 e. The maximum atomic E-state index is 13.2. The summed E-state index contributed by atoms with van der Waals surface area (Å²) in [7, 11) is -5.68. The topological polar surface area (TPSA) is 181 Å². The standard InChI is InChI=1S/C37H29Cl2N5O8S2/c1-51-36(45)32-19-28(9-13-34(32)38)43-53(47,48)30-11-5-22-3-7-26(15-24(22)17-30)40-21-41-42-27-8-4-23-6-12-31(18-25(23)16-27)54(49,50)44-29-10-14-35(39)33(20-29)37(46)52-2/h3-21,42-44H,1-2H3,(H,40,41). The molecule has 4 N–H and O–H groups in total. The molecule has 0 saturated carbocycles. The lowest BCUT2D eigenvalue weighted by atomic mass is 10.1. The summed E-state index contributed by atoms with van der Waals surface area (Å²) in [4.78, 5) is 24.0. The van der Waals surface area contributed by atoms with Crippen LogP contribution in [0.15, 0.2) is 124 Å². The third-order valence-electron chi connectivity index (χ3n) is 7.98. The number of carbonyl (C=O) groups is 2. The van der Waals surface area contributed by atoms with Crippen molar-refractivity contribution in [1.82, 2.24) is 0 Å². The summed E-state index contributed by atoms with van der Waals surface area (Å²) in [5.41, 5.74) is 4.41. The van der Waals surface area contributed by atoms with E-state index >= 15 is 0 Å². The molecule has 0 amide bonds. The van der Waals surface area contributed by atoms with Gasteiger partial charge in [-0.05, 0) is 106 Å². The summed E-state index contributed by atoms with van der Waals surface area (Å²) in [6.07, 6.45) is 1.41. The number of rotatable bonds is 12. The maximum Gasteiger partial charge on any atom is 0.339 e. The van der Waals surface area contributed by atoms with Crippen molar-refractivity contribution in [2.24, 2.45) is 5.10 Å². The molecule has 0 heterocycles. The molecule has 6 aromatic carbocycles. The van der Waals surface area contributed by atoms with Crippen molar-refractivity contribution in [1.29, 1.82) is 0 Å². The van der Waals surface area contributed by atoms with Gasteiger partial charge in [0.05, 0.1) is 50.9 Å². The normalized spacial score (nSPS) is 11.7. The molecule has 17 heteroatoms. The first-order valence-corrected chi connectivity index (χ1v) is 19.4. The number of hydrazone groups is 1. The second-order valence-electron chi connectivity index (χ2n) is 11.5. The van der Waals surface area contributed by atoms with E-state index < -0.39 is 32.0 Å². The van der Waals surface area contributed by atoms with Crippen LogP contribution in [-0.4, -0.2) is 49.3 Å². The largest absolute Gasteiger partial charge is 0.465 e. The average Bonchev–Trinajstić information content (AvgIpc) is 3.16. The molecule has 0 unspecified atom stereocenters. The zero-order valence-corrected chi connectivity index (χ0v) is 31.4. The van der Waals surface area contributed by atoms with Gasteiger partial charge in [-0.3, -0.25) is 14.9 Å². The average molecular weight is 807 g/mol. The zero-order chi connectivity index (χ0) is 38.6. The van der Waals surface area contributed by atoms with E-state index in [0.29, 0.717) is 22.1 Å². The van der Waals surface area contributed by atoms with Gasteiger partial charge in [0, 0.05) is 17.1 Å². The van der Waals surface area contributed by atoms with E-state index in [-0.39, 0.29) is 42.3 Å². The number of carbonyl (C=O) groups excluding carboxylic acids is 2. The molecule has 0 spiro atoms. The van der Waals surface area contributed by atoms with Gasteiger partial charge in [0.15, 0.2) is 0 Å². The molecule has 0 aliphatic heterocycles. The summed E-state index contributed by atoms with van der Waals surface area (Å²) >= 11 is 12.1. The van der Waals surface area contributed by atoms with Gasteiger partial charge in [0.1, 0.15) is 6.34 Å². The highest BCUT2D eigenvalue weighted by Gasteiger charge is 2.19. The first kappa shape index (κ1) is 37.9. The number of anilines is 4. The summed E-state index contributed by atoms with van der Waals surface area (Å²) in [5, 5.41) is 10.3. The van der Waals surface area contributed by atoms with E-state index in [1.807, 2.05) is 6.07 Å². The highest BCUT2D eigenvalue weighted by Crippen LogP contribution is 2.28. The molecule has 0 saturated heterocycles. The molecule has 54 heavy (non-hydrogen) atoms. The molecule has 0 bridgehead atoms. The Morgan fingerprint density at radius 2 is 0.981 bits per heavy atom. The number of esters is 2. The van der Waals surface area contributed by atoms with Crippen LogP contribution in [0.25, 0.3) is 21.5 Å². The summed E-state index contributed by atoms with van der Waals surface area (Å²) in [6, 6.07) is 28.3. The van der Waals surface area contributed by atoms with Crippen molar-refractivity contribution >= 4 is 106 Å². The van der Waals surface area contributed by atoms with E-state index in [1.54, 1.807) is 42.5 Å². The van der Waals surface area contributed by atoms with E-state index in [0.717, 1.165) is 10.8 Å². The lowest BCUT2D eigenvalue weighted by molar-refractivity contribution is 0.0592. The highest BCUT2D eigenvalue weighted by atomic mass is 35.5. The van der Waals surface area contributed by atoms with Crippen molar-refractivity contribution < 1.29 is 35.9 Å². The molecule has 0 aliphatic rings. The molecule has 6 rings (SSSR count).